The lowest BCUT2D eigenvalue weighted by Crippen LogP contribution is -2.39. The second-order valence-electron chi connectivity index (χ2n) is 11.6. The van der Waals surface area contributed by atoms with Gasteiger partial charge in [0.05, 0.1) is 5.69 Å². The average molecular weight is 634 g/mol. The van der Waals surface area contributed by atoms with Crippen LogP contribution in [0.5, 0.6) is 5.88 Å². The number of nitriles is 1. The summed E-state index contributed by atoms with van der Waals surface area (Å²) in [7, 11) is -3.98. The molecule has 1 N–H and O–H groups in total. The summed E-state index contributed by atoms with van der Waals surface area (Å²) in [6, 6.07) is 16.8. The van der Waals surface area contributed by atoms with E-state index in [9.17, 15) is 23.6 Å². The fourth-order valence-electron chi connectivity index (χ4n) is 5.51. The standard InChI is InChI=1S/C35H47N5O4S/c1-6-10-17-27(8-3)24-39(25-28(9-4)18-11-7-2)45(43,44)32-22-16-15-21-31(32)37-38-33-26(5)30(23-36)34(41)40(35(33)42)29-19-13-12-14-20-29/h12-16,19-22,27-28,41H,6-11,17-18,24-25H2,1-5H3. The quantitative estimate of drug-likeness (QED) is 0.149. The minimum atomic E-state index is -3.98. The van der Waals surface area contributed by atoms with Gasteiger partial charge in [-0.2, -0.15) is 9.57 Å². The number of benzene rings is 2. The molecule has 2 atom stereocenters. The maximum Gasteiger partial charge on any atom is 0.286 e. The predicted octanol–water partition coefficient (Wildman–Crippen LogP) is 8.56. The Bertz CT molecular complexity index is 1630. The normalized spacial score (nSPS) is 13.3. The smallest absolute Gasteiger partial charge is 0.286 e. The van der Waals surface area contributed by atoms with E-state index in [4.69, 9.17) is 0 Å². The third-order valence-corrected chi connectivity index (χ3v) is 10.3. The molecule has 10 heteroatoms. The zero-order valence-electron chi connectivity index (χ0n) is 27.2. The van der Waals surface area contributed by atoms with Gasteiger partial charge in [0.15, 0.2) is 5.69 Å². The number of unbranched alkanes of at least 4 members (excludes halogenated alkanes) is 2. The van der Waals surface area contributed by atoms with Crippen LogP contribution in [0.4, 0.5) is 11.4 Å². The molecule has 242 valence electrons. The molecule has 0 spiro atoms. The highest BCUT2D eigenvalue weighted by Gasteiger charge is 2.31. The fourth-order valence-corrected chi connectivity index (χ4v) is 7.23. The Morgan fingerprint density at radius 1 is 0.889 bits per heavy atom. The molecule has 0 aliphatic heterocycles. The van der Waals surface area contributed by atoms with Gasteiger partial charge in [-0.15, -0.1) is 10.2 Å². The van der Waals surface area contributed by atoms with E-state index in [1.807, 2.05) is 6.07 Å². The van der Waals surface area contributed by atoms with Crippen LogP contribution in [0.25, 0.3) is 5.69 Å². The van der Waals surface area contributed by atoms with Crippen molar-refractivity contribution in [2.24, 2.45) is 22.1 Å². The van der Waals surface area contributed by atoms with Crippen LogP contribution in [0.3, 0.4) is 0 Å². The summed E-state index contributed by atoms with van der Waals surface area (Å²) in [4.78, 5) is 13.6. The van der Waals surface area contributed by atoms with Gasteiger partial charge in [-0.3, -0.25) is 4.79 Å². The zero-order valence-corrected chi connectivity index (χ0v) is 28.1. The summed E-state index contributed by atoms with van der Waals surface area (Å²) in [6.07, 6.45) is 7.88. The van der Waals surface area contributed by atoms with Crippen molar-refractivity contribution in [2.75, 3.05) is 13.1 Å². The van der Waals surface area contributed by atoms with E-state index in [-0.39, 0.29) is 39.2 Å². The number of aromatic nitrogens is 1. The first-order chi connectivity index (χ1) is 21.6. The molecule has 1 heterocycles. The van der Waals surface area contributed by atoms with E-state index in [1.165, 1.54) is 13.0 Å². The first kappa shape index (κ1) is 35.7. The van der Waals surface area contributed by atoms with Crippen molar-refractivity contribution in [3.63, 3.8) is 0 Å². The molecule has 0 saturated heterocycles. The summed E-state index contributed by atoms with van der Waals surface area (Å²) in [5, 5.41) is 29.1. The summed E-state index contributed by atoms with van der Waals surface area (Å²) < 4.78 is 31.5. The van der Waals surface area contributed by atoms with Crippen LogP contribution in [0.2, 0.25) is 0 Å². The van der Waals surface area contributed by atoms with Gasteiger partial charge in [0.2, 0.25) is 15.9 Å². The van der Waals surface area contributed by atoms with Crippen molar-refractivity contribution < 1.29 is 13.5 Å². The van der Waals surface area contributed by atoms with E-state index < -0.39 is 21.5 Å². The van der Waals surface area contributed by atoms with Crippen LogP contribution in [-0.4, -0.2) is 35.5 Å². The molecule has 2 unspecified atom stereocenters. The van der Waals surface area contributed by atoms with Crippen molar-refractivity contribution >= 4 is 21.4 Å². The van der Waals surface area contributed by atoms with Gasteiger partial charge in [0.1, 0.15) is 22.2 Å². The van der Waals surface area contributed by atoms with Gasteiger partial charge in [-0.25, -0.2) is 13.0 Å². The predicted molar refractivity (Wildman–Crippen MR) is 179 cm³/mol. The van der Waals surface area contributed by atoms with Crippen LogP contribution in [0.1, 0.15) is 90.2 Å². The minimum Gasteiger partial charge on any atom is -0.493 e. The molecule has 9 nitrogen and oxygen atoms in total. The highest BCUT2D eigenvalue weighted by atomic mass is 32.2. The number of nitrogens with zero attached hydrogens (tertiary/aromatic N) is 5. The highest BCUT2D eigenvalue weighted by Crippen LogP contribution is 2.33. The Hall–Kier alpha value is -3.81. The Balaban J connectivity index is 2.12. The van der Waals surface area contributed by atoms with Gasteiger partial charge in [0, 0.05) is 18.7 Å². The number of sulfonamides is 1. The first-order valence-electron chi connectivity index (χ1n) is 16.1. The third-order valence-electron chi connectivity index (χ3n) is 8.45. The van der Waals surface area contributed by atoms with E-state index in [0.717, 1.165) is 55.9 Å². The van der Waals surface area contributed by atoms with Gasteiger partial charge in [-0.05, 0) is 55.9 Å². The molecule has 0 aliphatic carbocycles. The molecule has 3 rings (SSSR count). The summed E-state index contributed by atoms with van der Waals surface area (Å²) in [5.74, 6) is -0.0266. The number of aromatic hydroxyl groups is 1. The Labute approximate surface area is 268 Å². The maximum absolute atomic E-state index is 14.4. The number of azo groups is 1. The second-order valence-corrected chi connectivity index (χ2v) is 13.5. The summed E-state index contributed by atoms with van der Waals surface area (Å²) >= 11 is 0. The molecule has 0 amide bonds. The Morgan fingerprint density at radius 2 is 1.44 bits per heavy atom. The minimum absolute atomic E-state index is 0.0183. The van der Waals surface area contributed by atoms with Gasteiger partial charge in [-0.1, -0.05) is 96.6 Å². The van der Waals surface area contributed by atoms with Crippen molar-refractivity contribution in [3.8, 4) is 17.6 Å². The maximum atomic E-state index is 14.4. The summed E-state index contributed by atoms with van der Waals surface area (Å²) in [5.41, 5.74) is -0.343. The van der Waals surface area contributed by atoms with E-state index in [1.54, 1.807) is 52.8 Å². The fraction of sp³-hybridized carbons (Fsp3) is 0.486. The van der Waals surface area contributed by atoms with Crippen LogP contribution >= 0.6 is 0 Å². The Morgan fingerprint density at radius 3 is 1.98 bits per heavy atom. The molecule has 0 aliphatic rings. The molecular formula is C35H47N5O4S. The van der Waals surface area contributed by atoms with Gasteiger partial charge in [0.25, 0.3) is 5.56 Å². The lowest BCUT2D eigenvalue weighted by molar-refractivity contribution is 0.270. The molecule has 1 aromatic heterocycles. The lowest BCUT2D eigenvalue weighted by Gasteiger charge is -2.30. The molecule has 0 saturated carbocycles. The molecule has 45 heavy (non-hydrogen) atoms. The number of hydrogen-bond acceptors (Lipinski definition) is 7. The van der Waals surface area contributed by atoms with E-state index in [2.05, 4.69) is 37.9 Å². The third kappa shape index (κ3) is 8.68. The van der Waals surface area contributed by atoms with Crippen LogP contribution in [0.15, 0.2) is 74.5 Å². The first-order valence-corrected chi connectivity index (χ1v) is 17.5. The monoisotopic (exact) mass is 633 g/mol. The molecule has 0 bridgehead atoms. The van der Waals surface area contributed by atoms with Gasteiger partial charge >= 0.3 is 0 Å². The highest BCUT2D eigenvalue weighted by molar-refractivity contribution is 7.89. The van der Waals surface area contributed by atoms with Crippen LogP contribution in [-0.2, 0) is 10.0 Å². The van der Waals surface area contributed by atoms with Crippen molar-refractivity contribution in [2.45, 2.75) is 90.9 Å². The largest absolute Gasteiger partial charge is 0.493 e. The molecule has 0 radical (unpaired) electrons. The number of para-hydroxylation sites is 1. The van der Waals surface area contributed by atoms with E-state index in [0.29, 0.717) is 18.8 Å². The van der Waals surface area contributed by atoms with Crippen LogP contribution in [0, 0.1) is 30.1 Å². The van der Waals surface area contributed by atoms with E-state index >= 15 is 0 Å². The molecule has 2 aromatic carbocycles. The summed E-state index contributed by atoms with van der Waals surface area (Å²) in [6.45, 7) is 10.9. The number of pyridine rings is 1. The van der Waals surface area contributed by atoms with Gasteiger partial charge < -0.3 is 5.11 Å². The van der Waals surface area contributed by atoms with Crippen molar-refractivity contribution in [3.05, 3.63) is 76.1 Å². The SMILES string of the molecule is CCCCC(CC)CN(CC(CC)CCCC)S(=O)(=O)c1ccccc1N=Nc1c(C)c(C#N)c(O)n(-c2ccccc2)c1=O. The number of rotatable bonds is 17. The lowest BCUT2D eigenvalue weighted by atomic mass is 9.97. The zero-order chi connectivity index (χ0) is 33.0. The van der Waals surface area contributed by atoms with Crippen molar-refractivity contribution in [1.82, 2.24) is 8.87 Å². The second kappa shape index (κ2) is 17.0. The molecule has 0 fully saturated rings. The van der Waals surface area contributed by atoms with Crippen LogP contribution < -0.4 is 5.56 Å². The number of hydrogen-bond donors (Lipinski definition) is 1. The van der Waals surface area contributed by atoms with Crippen molar-refractivity contribution in [1.29, 1.82) is 5.26 Å². The topological polar surface area (TPSA) is 128 Å². The molecular weight excluding hydrogens is 586 g/mol. The Kier molecular flexibility index (Phi) is 13.5. The molecule has 3 aromatic rings. The average Bonchev–Trinajstić information content (AvgIpc) is 3.04.